The summed E-state index contributed by atoms with van der Waals surface area (Å²) in [5, 5.41) is 3.95. The van der Waals surface area contributed by atoms with Gasteiger partial charge in [-0.05, 0) is 36.8 Å². The van der Waals surface area contributed by atoms with Crippen LogP contribution in [0, 0.1) is 6.92 Å². The van der Waals surface area contributed by atoms with E-state index < -0.39 is 5.63 Å². The van der Waals surface area contributed by atoms with Gasteiger partial charge in [0.05, 0.1) is 5.02 Å². The van der Waals surface area contributed by atoms with Crippen LogP contribution in [0.2, 0.25) is 5.02 Å². The summed E-state index contributed by atoms with van der Waals surface area (Å²) in [6.07, 6.45) is 0. The second-order valence-corrected chi connectivity index (χ2v) is 5.63. The Hall–Kier alpha value is -2.79. The monoisotopic (exact) mass is 343 g/mol. The van der Waals surface area contributed by atoms with Gasteiger partial charge in [-0.25, -0.2) is 4.79 Å². The van der Waals surface area contributed by atoms with Crippen molar-refractivity contribution in [2.45, 2.75) is 6.92 Å². The predicted octanol–water partition coefficient (Wildman–Crippen LogP) is 3.77. The lowest BCUT2D eigenvalue weighted by molar-refractivity contribution is -0.118. The summed E-state index contributed by atoms with van der Waals surface area (Å²) in [4.78, 5) is 23.4. The van der Waals surface area contributed by atoms with Crippen molar-refractivity contribution in [3.8, 4) is 5.75 Å². The number of ether oxygens (including phenoxy) is 1. The molecule has 0 saturated carbocycles. The number of hydrogen-bond acceptors (Lipinski definition) is 4. The van der Waals surface area contributed by atoms with Crippen LogP contribution < -0.4 is 15.7 Å². The first-order valence-corrected chi connectivity index (χ1v) is 7.62. The van der Waals surface area contributed by atoms with Gasteiger partial charge in [0.25, 0.3) is 5.91 Å². The lowest BCUT2D eigenvalue weighted by atomic mass is 10.1. The highest BCUT2D eigenvalue weighted by Gasteiger charge is 2.08. The molecule has 0 spiro atoms. The number of fused-ring (bicyclic) bond motifs is 1. The van der Waals surface area contributed by atoms with Gasteiger partial charge in [-0.1, -0.05) is 23.7 Å². The number of amides is 1. The molecule has 0 aliphatic rings. The van der Waals surface area contributed by atoms with Crippen molar-refractivity contribution in [1.29, 1.82) is 0 Å². The fraction of sp³-hybridized carbons (Fsp3) is 0.111. The minimum absolute atomic E-state index is 0.181. The molecule has 0 atom stereocenters. The molecule has 0 saturated heterocycles. The zero-order chi connectivity index (χ0) is 17.1. The first-order chi connectivity index (χ1) is 11.5. The topological polar surface area (TPSA) is 68.5 Å². The fourth-order valence-corrected chi connectivity index (χ4v) is 2.50. The summed E-state index contributed by atoms with van der Waals surface area (Å²) < 4.78 is 10.5. The third kappa shape index (κ3) is 3.58. The molecule has 3 rings (SSSR count). The first-order valence-electron chi connectivity index (χ1n) is 7.24. The molecule has 24 heavy (non-hydrogen) atoms. The molecule has 1 amide bonds. The Bertz CT molecular complexity index is 965. The maximum atomic E-state index is 12.0. The number of rotatable bonds is 4. The third-order valence-corrected chi connectivity index (χ3v) is 3.74. The van der Waals surface area contributed by atoms with E-state index >= 15 is 0 Å². The van der Waals surface area contributed by atoms with Crippen LogP contribution in [0.25, 0.3) is 11.0 Å². The van der Waals surface area contributed by atoms with Gasteiger partial charge in [0, 0.05) is 23.2 Å². The van der Waals surface area contributed by atoms with Crippen molar-refractivity contribution in [2.75, 3.05) is 11.9 Å². The highest BCUT2D eigenvalue weighted by molar-refractivity contribution is 6.32. The van der Waals surface area contributed by atoms with Gasteiger partial charge in [0.1, 0.15) is 11.3 Å². The summed E-state index contributed by atoms with van der Waals surface area (Å²) in [6.45, 7) is 1.65. The van der Waals surface area contributed by atoms with Crippen LogP contribution >= 0.6 is 11.6 Å². The number of nitrogens with one attached hydrogen (secondary N) is 1. The van der Waals surface area contributed by atoms with Crippen molar-refractivity contribution in [1.82, 2.24) is 0 Å². The van der Waals surface area contributed by atoms with Crippen LogP contribution in [-0.4, -0.2) is 12.5 Å². The van der Waals surface area contributed by atoms with Crippen LogP contribution in [0.15, 0.2) is 57.7 Å². The highest BCUT2D eigenvalue weighted by atomic mass is 35.5. The first kappa shape index (κ1) is 16.1. The average Bonchev–Trinajstić information content (AvgIpc) is 2.53. The van der Waals surface area contributed by atoms with Gasteiger partial charge in [-0.15, -0.1) is 0 Å². The summed E-state index contributed by atoms with van der Waals surface area (Å²) in [5.41, 5.74) is 1.33. The molecule has 2 aromatic carbocycles. The van der Waals surface area contributed by atoms with E-state index in [-0.39, 0.29) is 12.5 Å². The summed E-state index contributed by atoms with van der Waals surface area (Å²) >= 11 is 5.96. The van der Waals surface area contributed by atoms with Crippen molar-refractivity contribution in [2.24, 2.45) is 0 Å². The van der Waals surface area contributed by atoms with Gasteiger partial charge in [0.15, 0.2) is 6.61 Å². The molecule has 6 heteroatoms. The van der Waals surface area contributed by atoms with Gasteiger partial charge < -0.3 is 14.5 Å². The lowest BCUT2D eigenvalue weighted by Crippen LogP contribution is -2.20. The molecule has 1 N–H and O–H groups in total. The lowest BCUT2D eigenvalue weighted by Gasteiger charge is -2.09. The van der Waals surface area contributed by atoms with Gasteiger partial charge in [-0.3, -0.25) is 4.79 Å². The Morgan fingerprint density at radius 1 is 1.21 bits per heavy atom. The number of hydrogen-bond donors (Lipinski definition) is 1. The van der Waals surface area contributed by atoms with E-state index in [1.54, 1.807) is 42.5 Å². The number of aryl methyl sites for hydroxylation is 1. The molecule has 3 aromatic rings. The molecule has 0 aliphatic heterocycles. The Labute approximate surface area is 142 Å². The minimum atomic E-state index is -0.425. The number of anilines is 1. The number of para-hydroxylation sites is 1. The average molecular weight is 344 g/mol. The zero-order valence-corrected chi connectivity index (χ0v) is 13.6. The van der Waals surface area contributed by atoms with E-state index in [0.29, 0.717) is 22.0 Å². The number of benzene rings is 2. The van der Waals surface area contributed by atoms with E-state index in [4.69, 9.17) is 20.8 Å². The molecular formula is C18H14ClNO4. The Morgan fingerprint density at radius 2 is 2.00 bits per heavy atom. The van der Waals surface area contributed by atoms with Crippen molar-refractivity contribution in [3.63, 3.8) is 0 Å². The molecule has 0 aliphatic carbocycles. The maximum absolute atomic E-state index is 12.0. The third-order valence-electron chi connectivity index (χ3n) is 3.43. The van der Waals surface area contributed by atoms with Crippen LogP contribution in [0.1, 0.15) is 5.56 Å². The van der Waals surface area contributed by atoms with E-state index in [9.17, 15) is 9.59 Å². The molecule has 122 valence electrons. The second-order valence-electron chi connectivity index (χ2n) is 5.23. The standard InChI is InChI=1S/C18H14ClNO4/c1-11-8-18(22)24-16-9-12(6-7-13(11)16)20-17(21)10-23-15-5-3-2-4-14(15)19/h2-9H,10H2,1H3,(H,20,21). The normalized spacial score (nSPS) is 10.6. The maximum Gasteiger partial charge on any atom is 0.336 e. The van der Waals surface area contributed by atoms with Crippen LogP contribution in [0.3, 0.4) is 0 Å². The number of carbonyl (C=O) groups is 1. The van der Waals surface area contributed by atoms with Crippen LogP contribution in [0.5, 0.6) is 5.75 Å². The van der Waals surface area contributed by atoms with Crippen molar-refractivity contribution < 1.29 is 13.9 Å². The number of halogens is 1. The summed E-state index contributed by atoms with van der Waals surface area (Å²) in [7, 11) is 0. The molecule has 0 unspecified atom stereocenters. The molecule has 1 aromatic heterocycles. The van der Waals surface area contributed by atoms with Crippen molar-refractivity contribution >= 4 is 34.2 Å². The fourth-order valence-electron chi connectivity index (χ4n) is 2.30. The molecule has 0 bridgehead atoms. The largest absolute Gasteiger partial charge is 0.482 e. The minimum Gasteiger partial charge on any atom is -0.482 e. The van der Waals surface area contributed by atoms with Gasteiger partial charge >= 0.3 is 5.63 Å². The van der Waals surface area contributed by atoms with Gasteiger partial charge in [-0.2, -0.15) is 0 Å². The van der Waals surface area contributed by atoms with Crippen LogP contribution in [0.4, 0.5) is 5.69 Å². The molecule has 1 heterocycles. The Morgan fingerprint density at radius 3 is 2.79 bits per heavy atom. The van der Waals surface area contributed by atoms with E-state index in [0.717, 1.165) is 10.9 Å². The van der Waals surface area contributed by atoms with Crippen LogP contribution in [-0.2, 0) is 4.79 Å². The molecule has 5 nitrogen and oxygen atoms in total. The Kier molecular flexibility index (Phi) is 4.53. The smallest absolute Gasteiger partial charge is 0.336 e. The zero-order valence-electron chi connectivity index (χ0n) is 12.8. The van der Waals surface area contributed by atoms with E-state index in [1.165, 1.54) is 6.07 Å². The predicted molar refractivity (Wildman–Crippen MR) is 92.8 cm³/mol. The second kappa shape index (κ2) is 6.76. The summed E-state index contributed by atoms with van der Waals surface area (Å²) in [6, 6.07) is 13.5. The molecule has 0 fully saturated rings. The Balaban J connectivity index is 1.71. The van der Waals surface area contributed by atoms with Crippen molar-refractivity contribution in [3.05, 3.63) is 69.5 Å². The van der Waals surface area contributed by atoms with E-state index in [1.807, 2.05) is 6.92 Å². The number of carbonyl (C=O) groups excluding carboxylic acids is 1. The van der Waals surface area contributed by atoms with Gasteiger partial charge in [0.2, 0.25) is 0 Å². The quantitative estimate of drug-likeness (QED) is 0.732. The summed E-state index contributed by atoms with van der Waals surface area (Å²) in [5.74, 6) is 0.0960. The molecular weight excluding hydrogens is 330 g/mol. The van der Waals surface area contributed by atoms with E-state index in [2.05, 4.69) is 5.32 Å². The highest BCUT2D eigenvalue weighted by Crippen LogP contribution is 2.23. The SMILES string of the molecule is Cc1cc(=O)oc2cc(NC(=O)COc3ccccc3Cl)ccc12. The molecule has 0 radical (unpaired) electrons.